The Morgan fingerprint density at radius 3 is 2.74 bits per heavy atom. The van der Waals surface area contributed by atoms with Crippen molar-refractivity contribution in [2.45, 2.75) is 33.2 Å². The quantitative estimate of drug-likeness (QED) is 0.270. The van der Waals surface area contributed by atoms with E-state index in [-0.39, 0.29) is 22.5 Å². The number of thiazole rings is 1. The second-order valence-corrected chi connectivity index (χ2v) is 10.2. The number of anilines is 1. The number of carbonyl (C=O) groups is 2. The number of nitrogens with zero attached hydrogens (tertiary/aromatic N) is 2. The minimum atomic E-state index is -0.785. The molecule has 7 nitrogen and oxygen atoms in total. The van der Waals surface area contributed by atoms with Crippen molar-refractivity contribution < 1.29 is 18.7 Å². The van der Waals surface area contributed by atoms with Crippen LogP contribution in [0.5, 0.6) is 5.75 Å². The molecule has 178 valence electrons. The lowest BCUT2D eigenvalue weighted by Crippen LogP contribution is -2.29. The summed E-state index contributed by atoms with van der Waals surface area (Å²) in [6, 6.07) is 11.6. The molecule has 4 aromatic rings. The highest BCUT2D eigenvalue weighted by Crippen LogP contribution is 2.43. The van der Waals surface area contributed by atoms with E-state index in [1.165, 1.54) is 11.8 Å². The Bertz CT molecular complexity index is 1560. The van der Waals surface area contributed by atoms with Gasteiger partial charge in [-0.1, -0.05) is 46.3 Å². The highest BCUT2D eigenvalue weighted by atomic mass is 79.9. The lowest BCUT2D eigenvalue weighted by Gasteiger charge is -2.23. The van der Waals surface area contributed by atoms with E-state index in [9.17, 15) is 14.4 Å². The molecule has 0 bridgehead atoms. The van der Waals surface area contributed by atoms with Crippen molar-refractivity contribution in [1.82, 2.24) is 4.98 Å². The van der Waals surface area contributed by atoms with Crippen molar-refractivity contribution in [3.8, 4) is 5.75 Å². The minimum absolute atomic E-state index is 0.0214. The number of Topliss-reactive ketones (excluding diaryl/α,β-unsaturated/α-hetero) is 1. The molecule has 0 N–H and O–H groups in total. The zero-order chi connectivity index (χ0) is 24.9. The van der Waals surface area contributed by atoms with Crippen molar-refractivity contribution in [2.24, 2.45) is 0 Å². The van der Waals surface area contributed by atoms with Gasteiger partial charge in [0.05, 0.1) is 34.2 Å². The third-order valence-corrected chi connectivity index (χ3v) is 7.54. The molecular weight excluding hydrogens is 532 g/mol. The maximum Gasteiger partial charge on any atom is 0.297 e. The fourth-order valence-corrected chi connectivity index (χ4v) is 5.61. The first-order chi connectivity index (χ1) is 16.8. The van der Waals surface area contributed by atoms with Gasteiger partial charge in [0, 0.05) is 11.4 Å². The molecule has 0 saturated carbocycles. The Kier molecular flexibility index (Phi) is 6.06. The molecule has 2 aromatic carbocycles. The Morgan fingerprint density at radius 1 is 1.23 bits per heavy atom. The standard InChI is InChI=1S/C26H21BrN2O5S/c1-4-10-33-17-7-5-6-15(11-17)21-20-22(31)18-12-16(27)8-9-19(18)34-23(20)25(32)29(21)26-28-13(2)24(35-26)14(3)30/h5-9,11-12,21H,4,10H2,1-3H3. The first-order valence-corrected chi connectivity index (χ1v) is 12.7. The van der Waals surface area contributed by atoms with Gasteiger partial charge in [-0.25, -0.2) is 4.98 Å². The number of ether oxygens (including phenoxy) is 1. The number of benzene rings is 2. The number of halogens is 1. The number of ketones is 1. The first-order valence-electron chi connectivity index (χ1n) is 11.1. The van der Waals surface area contributed by atoms with Gasteiger partial charge in [0.2, 0.25) is 5.76 Å². The Morgan fingerprint density at radius 2 is 2.03 bits per heavy atom. The van der Waals surface area contributed by atoms with E-state index in [4.69, 9.17) is 9.15 Å². The number of amides is 1. The molecule has 2 aromatic heterocycles. The fourth-order valence-electron chi connectivity index (χ4n) is 4.26. The lowest BCUT2D eigenvalue weighted by atomic mass is 9.98. The predicted octanol–water partition coefficient (Wildman–Crippen LogP) is 6.06. The molecule has 0 spiro atoms. The largest absolute Gasteiger partial charge is 0.494 e. The van der Waals surface area contributed by atoms with Gasteiger partial charge in [0.1, 0.15) is 11.3 Å². The van der Waals surface area contributed by atoms with Crippen LogP contribution in [0.3, 0.4) is 0 Å². The van der Waals surface area contributed by atoms with E-state index < -0.39 is 11.9 Å². The van der Waals surface area contributed by atoms with Crippen molar-refractivity contribution in [3.63, 3.8) is 0 Å². The van der Waals surface area contributed by atoms with Gasteiger partial charge in [0.25, 0.3) is 5.91 Å². The van der Waals surface area contributed by atoms with Crippen LogP contribution in [0.1, 0.15) is 63.4 Å². The Balaban J connectivity index is 1.76. The molecular formula is C26H21BrN2O5S. The summed E-state index contributed by atoms with van der Waals surface area (Å²) in [6.45, 7) is 5.76. The summed E-state index contributed by atoms with van der Waals surface area (Å²) in [7, 11) is 0. The second kappa shape index (κ2) is 9.05. The normalized spacial score (nSPS) is 15.0. The summed E-state index contributed by atoms with van der Waals surface area (Å²) in [5, 5.41) is 0.703. The predicted molar refractivity (Wildman–Crippen MR) is 138 cm³/mol. The monoisotopic (exact) mass is 552 g/mol. The summed E-state index contributed by atoms with van der Waals surface area (Å²) in [6.07, 6.45) is 0.845. The molecule has 5 rings (SSSR count). The van der Waals surface area contributed by atoms with Crippen LogP contribution >= 0.6 is 27.3 Å². The highest BCUT2D eigenvalue weighted by molar-refractivity contribution is 9.10. The Labute approximate surface area is 213 Å². The Hall–Kier alpha value is -3.30. The van der Waals surface area contributed by atoms with Crippen molar-refractivity contribution >= 4 is 55.1 Å². The first kappa shape index (κ1) is 23.4. The molecule has 9 heteroatoms. The number of hydrogen-bond donors (Lipinski definition) is 0. The van der Waals surface area contributed by atoms with Gasteiger partial charge in [-0.05, 0) is 49.2 Å². The van der Waals surface area contributed by atoms with Gasteiger partial charge in [0.15, 0.2) is 16.3 Å². The number of carbonyl (C=O) groups excluding carboxylic acids is 2. The molecule has 1 amide bonds. The van der Waals surface area contributed by atoms with Crippen molar-refractivity contribution in [3.05, 3.63) is 84.6 Å². The van der Waals surface area contributed by atoms with Gasteiger partial charge >= 0.3 is 0 Å². The van der Waals surface area contributed by atoms with Crippen LogP contribution in [0.4, 0.5) is 5.13 Å². The van der Waals surface area contributed by atoms with E-state index in [0.29, 0.717) is 44.6 Å². The van der Waals surface area contributed by atoms with Crippen LogP contribution < -0.4 is 15.1 Å². The molecule has 1 atom stereocenters. The minimum Gasteiger partial charge on any atom is -0.494 e. The molecule has 0 fully saturated rings. The van der Waals surface area contributed by atoms with E-state index in [2.05, 4.69) is 20.9 Å². The summed E-state index contributed by atoms with van der Waals surface area (Å²) in [5.74, 6) is 0.00663. The van der Waals surface area contributed by atoms with E-state index >= 15 is 0 Å². The number of aryl methyl sites for hydroxylation is 1. The van der Waals surface area contributed by atoms with Crippen LogP contribution in [0, 0.1) is 6.92 Å². The summed E-state index contributed by atoms with van der Waals surface area (Å²) < 4.78 is 12.5. The molecule has 1 aliphatic rings. The van der Waals surface area contributed by atoms with Crippen LogP contribution in [0.25, 0.3) is 11.0 Å². The summed E-state index contributed by atoms with van der Waals surface area (Å²) in [5.41, 5.74) is 1.50. The maximum absolute atomic E-state index is 13.8. The number of hydrogen-bond acceptors (Lipinski definition) is 7. The number of rotatable bonds is 6. The molecule has 3 heterocycles. The number of aromatic nitrogens is 1. The lowest BCUT2D eigenvalue weighted by molar-refractivity contribution is 0.0969. The van der Waals surface area contributed by atoms with E-state index in [0.717, 1.165) is 22.2 Å². The average Bonchev–Trinajstić information content (AvgIpc) is 3.36. The number of fused-ring (bicyclic) bond motifs is 2. The molecule has 0 aliphatic carbocycles. The van der Waals surface area contributed by atoms with Gasteiger partial charge < -0.3 is 9.15 Å². The van der Waals surface area contributed by atoms with Crippen LogP contribution in [-0.2, 0) is 0 Å². The molecule has 0 radical (unpaired) electrons. The fraction of sp³-hybridized carbons (Fsp3) is 0.231. The second-order valence-electron chi connectivity index (χ2n) is 8.28. The smallest absolute Gasteiger partial charge is 0.297 e. The van der Waals surface area contributed by atoms with E-state index in [1.807, 2.05) is 31.2 Å². The highest BCUT2D eigenvalue weighted by Gasteiger charge is 2.45. The summed E-state index contributed by atoms with van der Waals surface area (Å²) >= 11 is 4.54. The molecule has 1 aliphatic heterocycles. The SMILES string of the molecule is CCCOc1cccc(C2c3c(oc4ccc(Br)cc4c3=O)C(=O)N2c2nc(C)c(C(C)=O)s2)c1. The van der Waals surface area contributed by atoms with Gasteiger partial charge in [-0.3, -0.25) is 19.3 Å². The molecule has 35 heavy (non-hydrogen) atoms. The van der Waals surface area contributed by atoms with E-state index in [1.54, 1.807) is 25.1 Å². The average molecular weight is 553 g/mol. The third kappa shape index (κ3) is 3.98. The molecule has 1 unspecified atom stereocenters. The van der Waals surface area contributed by atoms with Crippen LogP contribution in [-0.4, -0.2) is 23.3 Å². The van der Waals surface area contributed by atoms with Gasteiger partial charge in [-0.2, -0.15) is 0 Å². The van der Waals surface area contributed by atoms with Crippen molar-refractivity contribution in [2.75, 3.05) is 11.5 Å². The summed E-state index contributed by atoms with van der Waals surface area (Å²) in [4.78, 5) is 46.0. The zero-order valence-electron chi connectivity index (χ0n) is 19.3. The van der Waals surface area contributed by atoms with Gasteiger partial charge in [-0.15, -0.1) is 0 Å². The maximum atomic E-state index is 13.8. The van der Waals surface area contributed by atoms with Crippen LogP contribution in [0.15, 0.2) is 56.1 Å². The van der Waals surface area contributed by atoms with Crippen LogP contribution in [0.2, 0.25) is 0 Å². The molecule has 0 saturated heterocycles. The topological polar surface area (TPSA) is 89.7 Å². The third-order valence-electron chi connectivity index (χ3n) is 5.79. The zero-order valence-corrected chi connectivity index (χ0v) is 21.7. The van der Waals surface area contributed by atoms with Crippen molar-refractivity contribution in [1.29, 1.82) is 0 Å².